The highest BCUT2D eigenvalue weighted by Gasteiger charge is 2.06. The van der Waals surface area contributed by atoms with Crippen molar-refractivity contribution in [3.63, 3.8) is 0 Å². The molecule has 0 amide bonds. The molecule has 1 aromatic rings. The monoisotopic (exact) mass is 302 g/mol. The highest BCUT2D eigenvalue weighted by molar-refractivity contribution is 5.89. The summed E-state index contributed by atoms with van der Waals surface area (Å²) in [5.74, 6) is -0.226. The fourth-order valence-electron chi connectivity index (χ4n) is 2.37. The maximum atomic E-state index is 11.9. The van der Waals surface area contributed by atoms with Crippen LogP contribution < -0.4 is 0 Å². The molecule has 0 aliphatic carbocycles. The van der Waals surface area contributed by atoms with E-state index in [0.717, 1.165) is 24.0 Å². The lowest BCUT2D eigenvalue weighted by atomic mass is 10.1. The Bertz CT molecular complexity index is 445. The van der Waals surface area contributed by atoms with E-state index in [1.807, 2.05) is 19.1 Å². The molecule has 0 spiro atoms. The maximum Gasteiger partial charge on any atom is 0.338 e. The second-order valence-corrected chi connectivity index (χ2v) is 5.97. The van der Waals surface area contributed by atoms with Crippen LogP contribution in [0.1, 0.15) is 81.1 Å². The molecular formula is C20H30O2. The molecule has 22 heavy (non-hydrogen) atoms. The number of carbonyl (C=O) groups is 1. The molecule has 122 valence electrons. The first-order valence-corrected chi connectivity index (χ1v) is 8.58. The molecule has 1 aromatic carbocycles. The number of ether oxygens (including phenoxy) is 1. The Morgan fingerprint density at radius 3 is 1.95 bits per heavy atom. The molecule has 0 saturated heterocycles. The third-order valence-corrected chi connectivity index (χ3v) is 3.84. The quantitative estimate of drug-likeness (QED) is 0.369. The molecule has 0 saturated carbocycles. The summed E-state index contributed by atoms with van der Waals surface area (Å²) in [6, 6.07) is 7.44. The second kappa shape index (κ2) is 11.1. The Hall–Kier alpha value is -1.57. The van der Waals surface area contributed by atoms with Crippen LogP contribution in [0.5, 0.6) is 0 Å². The van der Waals surface area contributed by atoms with Crippen molar-refractivity contribution in [2.75, 3.05) is 6.61 Å². The average Bonchev–Trinajstić information content (AvgIpc) is 2.53. The number of benzene rings is 1. The highest BCUT2D eigenvalue weighted by Crippen LogP contribution is 2.13. The largest absolute Gasteiger partial charge is 0.462 e. The van der Waals surface area contributed by atoms with Crippen LogP contribution in [-0.4, -0.2) is 12.6 Å². The third-order valence-electron chi connectivity index (χ3n) is 3.84. The van der Waals surface area contributed by atoms with Gasteiger partial charge in [0.05, 0.1) is 12.2 Å². The molecule has 0 N–H and O–H groups in total. The summed E-state index contributed by atoms with van der Waals surface area (Å²) in [5.41, 5.74) is 2.67. The van der Waals surface area contributed by atoms with Gasteiger partial charge >= 0.3 is 5.97 Å². The molecule has 0 heterocycles. The number of esters is 1. The third kappa shape index (κ3) is 7.44. The zero-order valence-corrected chi connectivity index (χ0v) is 14.2. The minimum atomic E-state index is -0.226. The number of allylic oxidation sites excluding steroid dienone is 1. The molecule has 0 radical (unpaired) electrons. The number of carbonyl (C=O) groups excluding carboxylic acids is 1. The summed E-state index contributed by atoms with van der Waals surface area (Å²) in [4.78, 5) is 11.9. The first-order chi connectivity index (χ1) is 10.6. The van der Waals surface area contributed by atoms with E-state index < -0.39 is 0 Å². The number of rotatable bonds is 11. The smallest absolute Gasteiger partial charge is 0.338 e. The second-order valence-electron chi connectivity index (χ2n) is 5.97. The van der Waals surface area contributed by atoms with Crippen LogP contribution in [0.15, 0.2) is 30.8 Å². The summed E-state index contributed by atoms with van der Waals surface area (Å²) >= 11 is 0. The van der Waals surface area contributed by atoms with Crippen molar-refractivity contribution in [3.05, 3.63) is 42.0 Å². The molecule has 0 aliphatic rings. The lowest BCUT2D eigenvalue weighted by Gasteiger charge is -2.06. The summed E-state index contributed by atoms with van der Waals surface area (Å²) in [6.45, 7) is 8.60. The summed E-state index contributed by atoms with van der Waals surface area (Å²) in [7, 11) is 0. The van der Waals surface area contributed by atoms with Crippen molar-refractivity contribution < 1.29 is 9.53 Å². The maximum absolute atomic E-state index is 11.9. The van der Waals surface area contributed by atoms with E-state index in [1.165, 1.54) is 38.5 Å². The summed E-state index contributed by atoms with van der Waals surface area (Å²) < 4.78 is 5.31. The topological polar surface area (TPSA) is 26.3 Å². The van der Waals surface area contributed by atoms with E-state index in [9.17, 15) is 4.79 Å². The predicted molar refractivity (Wildman–Crippen MR) is 94.0 cm³/mol. The van der Waals surface area contributed by atoms with Gasteiger partial charge in [-0.1, -0.05) is 76.2 Å². The predicted octanol–water partition coefficient (Wildman–Crippen LogP) is 6.02. The van der Waals surface area contributed by atoms with Gasteiger partial charge in [0, 0.05) is 0 Å². The zero-order valence-electron chi connectivity index (χ0n) is 14.2. The van der Waals surface area contributed by atoms with Gasteiger partial charge in [-0.2, -0.15) is 0 Å². The summed E-state index contributed by atoms with van der Waals surface area (Å²) in [5, 5.41) is 0. The van der Waals surface area contributed by atoms with Crippen LogP contribution in [0.4, 0.5) is 0 Å². The SMILES string of the molecule is C=C(C)c1ccc(C(=O)OCCCCCCCCCC)cc1. The van der Waals surface area contributed by atoms with E-state index in [-0.39, 0.29) is 5.97 Å². The molecule has 0 unspecified atom stereocenters. The Labute approximate surface area is 135 Å². The Morgan fingerprint density at radius 1 is 0.909 bits per heavy atom. The normalized spacial score (nSPS) is 10.5. The zero-order chi connectivity index (χ0) is 16.2. The fraction of sp³-hybridized carbons (Fsp3) is 0.550. The van der Waals surface area contributed by atoms with Crippen molar-refractivity contribution in [3.8, 4) is 0 Å². The molecule has 2 nitrogen and oxygen atoms in total. The van der Waals surface area contributed by atoms with Crippen molar-refractivity contribution in [2.45, 2.75) is 65.2 Å². The Kier molecular flexibility index (Phi) is 9.29. The minimum Gasteiger partial charge on any atom is -0.462 e. The van der Waals surface area contributed by atoms with Crippen molar-refractivity contribution >= 4 is 11.5 Å². The van der Waals surface area contributed by atoms with E-state index >= 15 is 0 Å². The van der Waals surface area contributed by atoms with Crippen LogP contribution in [0.25, 0.3) is 5.57 Å². The molecule has 0 aromatic heterocycles. The highest BCUT2D eigenvalue weighted by atomic mass is 16.5. The van der Waals surface area contributed by atoms with Gasteiger partial charge in [-0.15, -0.1) is 0 Å². The van der Waals surface area contributed by atoms with Crippen molar-refractivity contribution in [1.82, 2.24) is 0 Å². The van der Waals surface area contributed by atoms with Gasteiger partial charge < -0.3 is 4.74 Å². The van der Waals surface area contributed by atoms with E-state index in [2.05, 4.69) is 13.5 Å². The first kappa shape index (κ1) is 18.5. The molecule has 2 heteroatoms. The van der Waals surface area contributed by atoms with Gasteiger partial charge in [0.1, 0.15) is 0 Å². The van der Waals surface area contributed by atoms with E-state index in [4.69, 9.17) is 4.74 Å². The van der Waals surface area contributed by atoms with Gasteiger partial charge in [0.25, 0.3) is 0 Å². The number of hydrogen-bond acceptors (Lipinski definition) is 2. The van der Waals surface area contributed by atoms with Gasteiger partial charge in [0.15, 0.2) is 0 Å². The molecular weight excluding hydrogens is 272 g/mol. The Balaban J connectivity index is 2.12. The van der Waals surface area contributed by atoms with Crippen LogP contribution in [-0.2, 0) is 4.74 Å². The van der Waals surface area contributed by atoms with Gasteiger partial charge in [-0.05, 0) is 31.0 Å². The van der Waals surface area contributed by atoms with Gasteiger partial charge in [-0.25, -0.2) is 4.79 Å². The van der Waals surface area contributed by atoms with Crippen LogP contribution in [0.3, 0.4) is 0 Å². The first-order valence-electron chi connectivity index (χ1n) is 8.58. The van der Waals surface area contributed by atoms with Crippen LogP contribution >= 0.6 is 0 Å². The average molecular weight is 302 g/mol. The van der Waals surface area contributed by atoms with Crippen molar-refractivity contribution in [2.24, 2.45) is 0 Å². The molecule has 0 atom stereocenters. The fourth-order valence-corrected chi connectivity index (χ4v) is 2.37. The van der Waals surface area contributed by atoms with Gasteiger partial charge in [0.2, 0.25) is 0 Å². The molecule has 1 rings (SSSR count). The van der Waals surface area contributed by atoms with Crippen LogP contribution in [0.2, 0.25) is 0 Å². The van der Waals surface area contributed by atoms with Crippen molar-refractivity contribution in [1.29, 1.82) is 0 Å². The summed E-state index contributed by atoms with van der Waals surface area (Å²) in [6.07, 6.45) is 9.99. The molecule has 0 fully saturated rings. The molecule has 0 bridgehead atoms. The number of unbranched alkanes of at least 4 members (excludes halogenated alkanes) is 7. The lowest BCUT2D eigenvalue weighted by molar-refractivity contribution is 0.0497. The van der Waals surface area contributed by atoms with E-state index in [1.54, 1.807) is 12.1 Å². The van der Waals surface area contributed by atoms with Gasteiger partial charge in [-0.3, -0.25) is 0 Å². The minimum absolute atomic E-state index is 0.226. The standard InChI is InChI=1S/C20H30O2/c1-4-5-6-7-8-9-10-11-16-22-20(21)19-14-12-18(13-15-19)17(2)3/h12-15H,2,4-11,16H2,1,3H3. The molecule has 0 aliphatic heterocycles. The number of hydrogen-bond donors (Lipinski definition) is 0. The van der Waals surface area contributed by atoms with Crippen LogP contribution in [0, 0.1) is 0 Å². The lowest BCUT2D eigenvalue weighted by Crippen LogP contribution is -2.06. The van der Waals surface area contributed by atoms with E-state index in [0.29, 0.717) is 12.2 Å². The Morgan fingerprint density at radius 2 is 1.41 bits per heavy atom.